The summed E-state index contributed by atoms with van der Waals surface area (Å²) in [5, 5.41) is 11.5. The lowest BCUT2D eigenvalue weighted by atomic mass is 9.82. The molecule has 0 spiro atoms. The normalized spacial score (nSPS) is 13.0. The summed E-state index contributed by atoms with van der Waals surface area (Å²) >= 11 is 0. The molecule has 11 nitrogen and oxygen atoms in total. The summed E-state index contributed by atoms with van der Waals surface area (Å²) in [4.78, 5) is 26.9. The van der Waals surface area contributed by atoms with Gasteiger partial charge >= 0.3 is 0 Å². The Balaban J connectivity index is 0.000000137. The molecule has 2 aliphatic carbocycles. The first-order valence-electron chi connectivity index (χ1n) is 47.8. The molecule has 139 heavy (non-hydrogen) atoms. The highest BCUT2D eigenvalue weighted by Gasteiger charge is 2.39. The van der Waals surface area contributed by atoms with Crippen molar-refractivity contribution in [1.29, 1.82) is 0 Å². The van der Waals surface area contributed by atoms with Gasteiger partial charge in [0.05, 0.1) is 66.2 Å². The second-order valence-electron chi connectivity index (χ2n) is 38.0. The van der Waals surface area contributed by atoms with Crippen molar-refractivity contribution >= 4 is 166 Å². The Kier molecular flexibility index (Phi) is 17.6. The minimum atomic E-state index is -0.139. The zero-order valence-corrected chi connectivity index (χ0v) is 76.7. The Bertz CT molecular complexity index is 9640. The molecule has 0 aliphatic heterocycles. The van der Waals surface area contributed by atoms with Crippen molar-refractivity contribution in [2.45, 2.75) is 38.5 Å². The summed E-state index contributed by atoms with van der Waals surface area (Å²) in [5.74, 6) is 3.24. The fourth-order valence-electron chi connectivity index (χ4n) is 23.3. The number of nitrogens with zero attached hydrogens (tertiary/aromatic N) is 11. The number of hydrogen-bond acceptors (Lipinski definition) is 6. The molecule has 0 unspecified atom stereocenters. The van der Waals surface area contributed by atoms with E-state index < -0.39 is 0 Å². The monoisotopic (exact) mass is 1780 g/mol. The number of anilines is 6. The second kappa shape index (κ2) is 30.7. The fourth-order valence-corrected chi connectivity index (χ4v) is 23.3. The molecule has 0 atom stereocenters. The maximum absolute atomic E-state index is 5.66. The van der Waals surface area contributed by atoms with Gasteiger partial charge in [-0.3, -0.25) is 18.6 Å². The van der Waals surface area contributed by atoms with Crippen LogP contribution >= 0.6 is 0 Å². The quantitative estimate of drug-likeness (QED) is 0.121. The Morgan fingerprint density at radius 2 is 0.561 bits per heavy atom. The van der Waals surface area contributed by atoms with Crippen LogP contribution in [0.5, 0.6) is 0 Å². The largest absolute Gasteiger partial charge is 0.309 e. The molecule has 0 saturated heterocycles. The van der Waals surface area contributed by atoms with Crippen LogP contribution in [-0.4, -0.2) is 42.4 Å². The highest BCUT2D eigenvalue weighted by atomic mass is 15.3. The van der Waals surface area contributed by atoms with Crippen molar-refractivity contribution in [3.05, 3.63) is 477 Å². The van der Waals surface area contributed by atoms with Crippen molar-refractivity contribution in [3.8, 4) is 72.7 Å². The molecule has 0 radical (unpaired) electrons. The molecule has 0 fully saturated rings. The molecule has 0 bridgehead atoms. The number of fused-ring (bicyclic) bond motifs is 25. The number of aromatic nitrogens is 9. The van der Waals surface area contributed by atoms with E-state index in [1.54, 1.807) is 0 Å². The SMILES string of the molecule is CC1(C)c2ccccc2-c2cc(N(c3ccc4c(c3)-c3ccccc3C4(C)C)c3c4cccc(-c5ccc6c(c5)c5ccccc5n6-c5ccccc5)c4nc4nc5c6ccccc6ccc5n34)ccc21.c1ccc(N(c2ccccc2)c2c3cc(-c4ccc5c(c4)c4ccccc4n5-c4ccccc4)cc(-c4ccc5c(c4)c4ccccc4n5-c4ccccc4)c3nc3nc4ccccc4n23)cc1. The van der Waals surface area contributed by atoms with E-state index in [0.717, 1.165) is 156 Å². The van der Waals surface area contributed by atoms with E-state index in [2.05, 4.69) is 515 Å². The summed E-state index contributed by atoms with van der Waals surface area (Å²) in [6.45, 7) is 9.42. The van der Waals surface area contributed by atoms with Gasteiger partial charge in [-0.05, 0) is 248 Å². The Hall–Kier alpha value is -18.1. The van der Waals surface area contributed by atoms with E-state index in [-0.39, 0.29) is 10.8 Å². The van der Waals surface area contributed by atoms with Crippen molar-refractivity contribution in [2.24, 2.45) is 0 Å². The van der Waals surface area contributed by atoms with E-state index >= 15 is 0 Å². The maximum atomic E-state index is 5.66. The van der Waals surface area contributed by atoms with Crippen molar-refractivity contribution < 1.29 is 0 Å². The molecule has 20 aromatic carbocycles. The summed E-state index contributed by atoms with van der Waals surface area (Å²) < 4.78 is 11.7. The lowest BCUT2D eigenvalue weighted by molar-refractivity contribution is 0.660. The summed E-state index contributed by atoms with van der Waals surface area (Å²) in [6.07, 6.45) is 0. The molecular formula is C128H87N11. The molecule has 0 saturated carbocycles. The molecular weight excluding hydrogens is 1690 g/mol. The summed E-state index contributed by atoms with van der Waals surface area (Å²) in [5.41, 5.74) is 36.8. The first kappa shape index (κ1) is 79.5. The van der Waals surface area contributed by atoms with Crippen LogP contribution in [0.15, 0.2) is 455 Å². The van der Waals surface area contributed by atoms with Crippen LogP contribution in [0, 0.1) is 0 Å². The van der Waals surface area contributed by atoms with Gasteiger partial charge in [0.15, 0.2) is 0 Å². The van der Waals surface area contributed by atoms with E-state index in [1.165, 1.54) is 93.4 Å². The number of hydrogen-bond donors (Lipinski definition) is 0. The van der Waals surface area contributed by atoms with Crippen molar-refractivity contribution in [3.63, 3.8) is 0 Å². The van der Waals surface area contributed by atoms with E-state index in [4.69, 9.17) is 19.9 Å². The minimum Gasteiger partial charge on any atom is -0.309 e. The zero-order chi connectivity index (χ0) is 92.0. The zero-order valence-electron chi connectivity index (χ0n) is 76.7. The van der Waals surface area contributed by atoms with Crippen LogP contribution in [0.2, 0.25) is 0 Å². The number of imidazole rings is 2. The lowest BCUT2D eigenvalue weighted by Crippen LogP contribution is -2.18. The number of rotatable bonds is 12. The maximum Gasteiger partial charge on any atom is 0.237 e. The summed E-state index contributed by atoms with van der Waals surface area (Å²) in [7, 11) is 0. The molecule has 7 heterocycles. The topological polar surface area (TPSA) is 81.6 Å². The van der Waals surface area contributed by atoms with Gasteiger partial charge in [-0.1, -0.05) is 307 Å². The van der Waals surface area contributed by atoms with E-state index in [1.807, 2.05) is 0 Å². The van der Waals surface area contributed by atoms with Gasteiger partial charge in [-0.25, -0.2) is 19.9 Å². The van der Waals surface area contributed by atoms with E-state index in [9.17, 15) is 0 Å². The predicted octanol–water partition coefficient (Wildman–Crippen LogP) is 33.1. The molecule has 7 aromatic heterocycles. The average molecular weight is 1780 g/mol. The van der Waals surface area contributed by atoms with Crippen molar-refractivity contribution in [2.75, 3.05) is 9.80 Å². The smallest absolute Gasteiger partial charge is 0.237 e. The molecule has 27 aromatic rings. The molecule has 29 rings (SSSR count). The van der Waals surface area contributed by atoms with Crippen LogP contribution < -0.4 is 9.80 Å². The molecule has 0 amide bonds. The van der Waals surface area contributed by atoms with Crippen molar-refractivity contribution in [1.82, 2.24) is 42.4 Å². The van der Waals surface area contributed by atoms with Gasteiger partial charge in [0.1, 0.15) is 11.6 Å². The van der Waals surface area contributed by atoms with Crippen LogP contribution in [0.25, 0.3) is 204 Å². The Morgan fingerprint density at radius 3 is 1.09 bits per heavy atom. The van der Waals surface area contributed by atoms with E-state index in [0.29, 0.717) is 11.6 Å². The predicted molar refractivity (Wildman–Crippen MR) is 577 cm³/mol. The summed E-state index contributed by atoms with van der Waals surface area (Å²) in [6, 6.07) is 165. The number of para-hydroxylation sites is 11. The van der Waals surface area contributed by atoms with Crippen LogP contribution in [0.1, 0.15) is 49.9 Å². The minimum absolute atomic E-state index is 0.139. The molecule has 11 heteroatoms. The third kappa shape index (κ3) is 12.1. The average Bonchev–Trinajstić information content (AvgIpc) is 1.62. The van der Waals surface area contributed by atoms with Gasteiger partial charge < -0.3 is 13.7 Å². The highest BCUT2D eigenvalue weighted by molar-refractivity contribution is 6.17. The standard InChI is InChI=1S/C66H47N5.C62H40N6/c1-65(2)54-26-13-10-21-47(54)51-38-43(31-33-56(51)65)69(44-32-34-57-52(39-44)48-22-11-14-27-55(48)66(57,3)4)63-50-25-16-24-46(61(50)67-64-68-62-45-20-9-8-17-40(45)29-36-60(62)71(63)64)41-30-35-59-53(37-41)49-23-12-15-28-58(49)70(59)42-18-6-5-7-19-42;1-5-19-44(20-6-1)65(45-21-7-2-8-22-45)61-53-40-43(41-33-35-57-51(37-41)48-27-13-16-30-55(48)66(57)46-23-9-3-10-24-46)39-50(60(53)64-62-63-54-29-15-18-32-59(54)68(61)62)42-34-36-58-52(38-42)49-28-14-17-31-56(49)67(58)47-25-11-4-12-26-47/h5-39H,1-4H3;1-40H. The highest BCUT2D eigenvalue weighted by Crippen LogP contribution is 2.56. The van der Waals surface area contributed by atoms with Gasteiger partial charge in [0, 0.05) is 110 Å². The van der Waals surface area contributed by atoms with Crippen LogP contribution in [0.3, 0.4) is 0 Å². The fraction of sp³-hybridized carbons (Fsp3) is 0.0469. The third-order valence-corrected chi connectivity index (χ3v) is 29.7. The van der Waals surface area contributed by atoms with Gasteiger partial charge in [-0.15, -0.1) is 0 Å². The third-order valence-electron chi connectivity index (χ3n) is 29.7. The Labute approximate surface area is 801 Å². The lowest BCUT2D eigenvalue weighted by Gasteiger charge is -2.30. The Morgan fingerprint density at radius 1 is 0.201 bits per heavy atom. The van der Waals surface area contributed by atoms with Crippen LogP contribution in [0.4, 0.5) is 34.4 Å². The molecule has 2 aliphatic rings. The number of benzene rings is 20. The van der Waals surface area contributed by atoms with Gasteiger partial charge in [0.25, 0.3) is 0 Å². The first-order chi connectivity index (χ1) is 68.5. The first-order valence-corrected chi connectivity index (χ1v) is 47.8. The molecule has 0 N–H and O–H groups in total. The second-order valence-corrected chi connectivity index (χ2v) is 38.0. The molecule has 654 valence electrons. The van der Waals surface area contributed by atoms with Gasteiger partial charge in [-0.2, -0.15) is 0 Å². The van der Waals surface area contributed by atoms with Gasteiger partial charge in [0.2, 0.25) is 11.6 Å². The van der Waals surface area contributed by atoms with Crippen LogP contribution in [-0.2, 0) is 10.8 Å².